The molecule has 108 valence electrons. The SMILES string of the molecule is Cc1noc(C)c1C(C)Nc1ccccc1S(N)(=O)=O. The second kappa shape index (κ2) is 5.26. The van der Waals surface area contributed by atoms with E-state index >= 15 is 0 Å². The van der Waals surface area contributed by atoms with Crippen molar-refractivity contribution in [3.63, 3.8) is 0 Å². The summed E-state index contributed by atoms with van der Waals surface area (Å²) in [5.74, 6) is 0.704. The molecular weight excluding hydrogens is 278 g/mol. The van der Waals surface area contributed by atoms with Crippen LogP contribution in [0, 0.1) is 13.8 Å². The number of sulfonamides is 1. The summed E-state index contributed by atoms with van der Waals surface area (Å²) in [4.78, 5) is 0.0682. The van der Waals surface area contributed by atoms with Gasteiger partial charge >= 0.3 is 0 Å². The zero-order valence-corrected chi connectivity index (χ0v) is 12.4. The second-order valence-corrected chi connectivity index (χ2v) is 6.17. The number of para-hydroxylation sites is 1. The Labute approximate surface area is 118 Å². The summed E-state index contributed by atoms with van der Waals surface area (Å²) >= 11 is 0. The molecule has 0 aliphatic heterocycles. The van der Waals surface area contributed by atoms with Crippen LogP contribution in [-0.2, 0) is 10.0 Å². The normalized spacial score (nSPS) is 13.2. The lowest BCUT2D eigenvalue weighted by atomic mass is 10.1. The van der Waals surface area contributed by atoms with Crippen molar-refractivity contribution in [3.05, 3.63) is 41.3 Å². The molecule has 0 aliphatic carbocycles. The molecule has 0 amide bonds. The molecule has 1 heterocycles. The molecule has 1 aromatic carbocycles. The van der Waals surface area contributed by atoms with Gasteiger partial charge in [-0.2, -0.15) is 0 Å². The number of nitrogens with one attached hydrogen (secondary N) is 1. The summed E-state index contributed by atoms with van der Waals surface area (Å²) in [5, 5.41) is 12.2. The van der Waals surface area contributed by atoms with Crippen LogP contribution in [0.1, 0.15) is 30.0 Å². The molecule has 0 saturated carbocycles. The molecule has 2 aromatic rings. The lowest BCUT2D eigenvalue weighted by molar-refractivity contribution is 0.392. The minimum Gasteiger partial charge on any atom is -0.377 e. The van der Waals surface area contributed by atoms with E-state index in [1.807, 2.05) is 20.8 Å². The second-order valence-electron chi connectivity index (χ2n) is 4.65. The quantitative estimate of drug-likeness (QED) is 0.900. The first-order chi connectivity index (χ1) is 9.30. The monoisotopic (exact) mass is 295 g/mol. The lowest BCUT2D eigenvalue weighted by Gasteiger charge is -2.17. The number of aromatic nitrogens is 1. The van der Waals surface area contributed by atoms with Gasteiger partial charge in [-0.25, -0.2) is 13.6 Å². The van der Waals surface area contributed by atoms with E-state index in [0.717, 1.165) is 11.3 Å². The summed E-state index contributed by atoms with van der Waals surface area (Å²) in [6.45, 7) is 5.57. The zero-order chi connectivity index (χ0) is 14.9. The number of benzene rings is 1. The molecule has 1 unspecified atom stereocenters. The van der Waals surface area contributed by atoms with Crippen LogP contribution in [0.4, 0.5) is 5.69 Å². The summed E-state index contributed by atoms with van der Waals surface area (Å²) in [5.41, 5.74) is 2.15. The van der Waals surface area contributed by atoms with Crippen molar-refractivity contribution in [1.29, 1.82) is 0 Å². The summed E-state index contributed by atoms with van der Waals surface area (Å²) in [6, 6.07) is 6.37. The van der Waals surface area contributed by atoms with Crippen LogP contribution >= 0.6 is 0 Å². The fourth-order valence-corrected chi connectivity index (χ4v) is 2.95. The van der Waals surface area contributed by atoms with E-state index in [1.165, 1.54) is 6.07 Å². The van der Waals surface area contributed by atoms with E-state index in [-0.39, 0.29) is 10.9 Å². The van der Waals surface area contributed by atoms with Crippen molar-refractivity contribution < 1.29 is 12.9 Å². The molecule has 0 fully saturated rings. The molecule has 0 radical (unpaired) electrons. The molecule has 6 nitrogen and oxygen atoms in total. The van der Waals surface area contributed by atoms with Crippen molar-refractivity contribution >= 4 is 15.7 Å². The molecular formula is C13H17N3O3S. The van der Waals surface area contributed by atoms with Gasteiger partial charge in [0.1, 0.15) is 10.7 Å². The molecule has 20 heavy (non-hydrogen) atoms. The van der Waals surface area contributed by atoms with Crippen LogP contribution in [0.5, 0.6) is 0 Å². The summed E-state index contributed by atoms with van der Waals surface area (Å²) in [6.07, 6.45) is 0. The first-order valence-corrected chi connectivity index (χ1v) is 7.66. The Bertz CT molecular complexity index is 703. The minimum absolute atomic E-state index is 0.0682. The topological polar surface area (TPSA) is 98.2 Å². The highest BCUT2D eigenvalue weighted by molar-refractivity contribution is 7.89. The Balaban J connectivity index is 2.36. The highest BCUT2D eigenvalue weighted by Crippen LogP contribution is 2.28. The number of nitrogens with zero attached hydrogens (tertiary/aromatic N) is 1. The van der Waals surface area contributed by atoms with Crippen LogP contribution in [0.15, 0.2) is 33.7 Å². The van der Waals surface area contributed by atoms with Gasteiger partial charge in [-0.15, -0.1) is 0 Å². The predicted molar refractivity (Wildman–Crippen MR) is 75.8 cm³/mol. The van der Waals surface area contributed by atoms with Crippen molar-refractivity contribution in [2.45, 2.75) is 31.7 Å². The average Bonchev–Trinajstić information content (AvgIpc) is 2.68. The standard InChI is InChI=1S/C13H17N3O3S/c1-8(13-9(2)16-19-10(13)3)15-11-6-4-5-7-12(11)20(14,17)18/h4-8,15H,1-3H3,(H2,14,17,18). The Morgan fingerprint density at radius 3 is 2.50 bits per heavy atom. The molecule has 0 aliphatic rings. The Hall–Kier alpha value is -1.86. The van der Waals surface area contributed by atoms with Crippen molar-refractivity contribution in [2.75, 3.05) is 5.32 Å². The van der Waals surface area contributed by atoms with Gasteiger partial charge < -0.3 is 9.84 Å². The largest absolute Gasteiger partial charge is 0.377 e. The number of hydrogen-bond acceptors (Lipinski definition) is 5. The number of rotatable bonds is 4. The van der Waals surface area contributed by atoms with Gasteiger partial charge in [-0.3, -0.25) is 0 Å². The zero-order valence-electron chi connectivity index (χ0n) is 11.5. The third-order valence-electron chi connectivity index (χ3n) is 3.09. The summed E-state index contributed by atoms with van der Waals surface area (Å²) in [7, 11) is -3.77. The average molecular weight is 295 g/mol. The minimum atomic E-state index is -3.77. The maximum atomic E-state index is 11.6. The van der Waals surface area contributed by atoms with E-state index in [4.69, 9.17) is 9.66 Å². The van der Waals surface area contributed by atoms with Crippen LogP contribution in [0.2, 0.25) is 0 Å². The van der Waals surface area contributed by atoms with Gasteiger partial charge in [-0.1, -0.05) is 17.3 Å². The van der Waals surface area contributed by atoms with Crippen molar-refractivity contribution in [3.8, 4) is 0 Å². The van der Waals surface area contributed by atoms with E-state index in [2.05, 4.69) is 10.5 Å². The van der Waals surface area contributed by atoms with Gasteiger partial charge in [0.15, 0.2) is 0 Å². The fourth-order valence-electron chi connectivity index (χ4n) is 2.25. The number of aryl methyl sites for hydroxylation is 2. The molecule has 2 rings (SSSR count). The van der Waals surface area contributed by atoms with E-state index < -0.39 is 10.0 Å². The first kappa shape index (κ1) is 14.5. The van der Waals surface area contributed by atoms with E-state index in [0.29, 0.717) is 11.4 Å². The van der Waals surface area contributed by atoms with Crippen LogP contribution in [0.25, 0.3) is 0 Å². The third-order valence-corrected chi connectivity index (χ3v) is 4.06. The Kier molecular flexibility index (Phi) is 3.82. The molecule has 0 bridgehead atoms. The first-order valence-electron chi connectivity index (χ1n) is 6.12. The predicted octanol–water partition coefficient (Wildman–Crippen LogP) is 2.11. The maximum absolute atomic E-state index is 11.6. The fraction of sp³-hybridized carbons (Fsp3) is 0.308. The highest BCUT2D eigenvalue weighted by Gasteiger charge is 2.19. The van der Waals surface area contributed by atoms with E-state index in [9.17, 15) is 8.42 Å². The van der Waals surface area contributed by atoms with Crippen molar-refractivity contribution in [2.24, 2.45) is 5.14 Å². The summed E-state index contributed by atoms with van der Waals surface area (Å²) < 4.78 is 28.2. The highest BCUT2D eigenvalue weighted by atomic mass is 32.2. The Morgan fingerprint density at radius 1 is 1.30 bits per heavy atom. The van der Waals surface area contributed by atoms with E-state index in [1.54, 1.807) is 18.2 Å². The molecule has 0 spiro atoms. The number of nitrogens with two attached hydrogens (primary N) is 1. The molecule has 3 N–H and O–H groups in total. The molecule has 7 heteroatoms. The lowest BCUT2D eigenvalue weighted by Crippen LogP contribution is -2.16. The van der Waals surface area contributed by atoms with Gasteiger partial charge in [0.05, 0.1) is 17.4 Å². The molecule has 0 saturated heterocycles. The van der Waals surface area contributed by atoms with Gasteiger partial charge in [0.25, 0.3) is 0 Å². The number of hydrogen-bond donors (Lipinski definition) is 2. The van der Waals surface area contributed by atoms with Gasteiger partial charge in [0, 0.05) is 5.56 Å². The molecule has 1 atom stereocenters. The number of primary sulfonamides is 1. The van der Waals surface area contributed by atoms with Crippen LogP contribution in [0.3, 0.4) is 0 Å². The Morgan fingerprint density at radius 2 is 1.95 bits per heavy atom. The van der Waals surface area contributed by atoms with Gasteiger partial charge in [-0.05, 0) is 32.9 Å². The van der Waals surface area contributed by atoms with Crippen LogP contribution in [-0.4, -0.2) is 13.6 Å². The smallest absolute Gasteiger partial charge is 0.240 e. The maximum Gasteiger partial charge on any atom is 0.240 e. The van der Waals surface area contributed by atoms with Gasteiger partial charge in [0.2, 0.25) is 10.0 Å². The van der Waals surface area contributed by atoms with Crippen molar-refractivity contribution in [1.82, 2.24) is 5.16 Å². The number of anilines is 1. The molecule has 1 aromatic heterocycles. The third kappa shape index (κ3) is 2.83. The van der Waals surface area contributed by atoms with Crippen LogP contribution < -0.4 is 10.5 Å².